The van der Waals surface area contributed by atoms with Gasteiger partial charge in [-0.05, 0) is 12.1 Å². The Labute approximate surface area is 105 Å². The van der Waals surface area contributed by atoms with Gasteiger partial charge >= 0.3 is 5.97 Å². The second kappa shape index (κ2) is 6.88. The molecule has 1 rings (SSSR count). The predicted molar refractivity (Wildman–Crippen MR) is 64.8 cm³/mol. The summed E-state index contributed by atoms with van der Waals surface area (Å²) >= 11 is 0. The van der Waals surface area contributed by atoms with E-state index in [9.17, 15) is 9.59 Å². The highest BCUT2D eigenvalue weighted by Gasteiger charge is 2.19. The largest absolute Gasteiger partial charge is 0.496 e. The van der Waals surface area contributed by atoms with Crippen molar-refractivity contribution in [1.29, 1.82) is 0 Å². The average Bonchev–Trinajstić information content (AvgIpc) is 2.28. The molecule has 0 aliphatic heterocycles. The van der Waals surface area contributed by atoms with E-state index >= 15 is 0 Å². The van der Waals surface area contributed by atoms with Crippen LogP contribution in [0.1, 0.15) is 16.8 Å². The van der Waals surface area contributed by atoms with Gasteiger partial charge in [-0.3, -0.25) is 9.59 Å². The Kier molecular flexibility index (Phi) is 6.23. The summed E-state index contributed by atoms with van der Waals surface area (Å²) in [7, 11) is 1.45. The molecule has 0 aliphatic rings. The number of methoxy groups -OCH3 is 1. The van der Waals surface area contributed by atoms with Gasteiger partial charge in [0.2, 0.25) is 0 Å². The number of nitrogens with two attached hydrogens (primary N) is 1. The second-order valence-electron chi connectivity index (χ2n) is 3.27. The molecule has 0 saturated heterocycles. The van der Waals surface area contributed by atoms with Crippen molar-refractivity contribution in [3.05, 3.63) is 29.8 Å². The standard InChI is InChI=1S/C11H13NO4.ClH/c1-16-10-5-3-2-4-7(10)9(13)6-8(12)11(14)15;/h2-5,8H,6,12H2,1H3,(H,14,15);1H/t8-;/m1./s1. The molecule has 0 aromatic heterocycles. The zero-order chi connectivity index (χ0) is 12.1. The summed E-state index contributed by atoms with van der Waals surface area (Å²) in [6.07, 6.45) is -0.240. The third kappa shape index (κ3) is 4.05. The molecule has 0 amide bonds. The number of carboxylic acids is 1. The molecule has 0 saturated carbocycles. The predicted octanol–water partition coefficient (Wildman–Crippen LogP) is 1.10. The van der Waals surface area contributed by atoms with Gasteiger partial charge in [0.05, 0.1) is 12.7 Å². The lowest BCUT2D eigenvalue weighted by Crippen LogP contribution is -2.32. The maximum atomic E-state index is 11.7. The lowest BCUT2D eigenvalue weighted by molar-refractivity contribution is -0.138. The second-order valence-corrected chi connectivity index (χ2v) is 3.27. The number of halogens is 1. The van der Waals surface area contributed by atoms with Crippen LogP contribution in [-0.4, -0.2) is 30.0 Å². The molecule has 3 N–H and O–H groups in total. The topological polar surface area (TPSA) is 89.6 Å². The van der Waals surface area contributed by atoms with Gasteiger partial charge in [0.1, 0.15) is 11.8 Å². The quantitative estimate of drug-likeness (QED) is 0.773. The fraction of sp³-hybridized carbons (Fsp3) is 0.273. The average molecular weight is 260 g/mol. The molecule has 0 aliphatic carbocycles. The molecule has 0 unspecified atom stereocenters. The number of hydrogen-bond donors (Lipinski definition) is 2. The van der Waals surface area contributed by atoms with Gasteiger partial charge in [0.15, 0.2) is 5.78 Å². The fourth-order valence-corrected chi connectivity index (χ4v) is 1.27. The maximum Gasteiger partial charge on any atom is 0.320 e. The summed E-state index contributed by atoms with van der Waals surface area (Å²) in [4.78, 5) is 22.2. The number of Topliss-reactive ketones (excluding diaryl/α,β-unsaturated/α-hetero) is 1. The molecule has 1 atom stereocenters. The van der Waals surface area contributed by atoms with Crippen LogP contribution < -0.4 is 10.5 Å². The SMILES string of the molecule is COc1ccccc1C(=O)C[C@@H](N)C(=O)O.Cl. The smallest absolute Gasteiger partial charge is 0.320 e. The van der Waals surface area contributed by atoms with Crippen LogP contribution in [0.5, 0.6) is 5.75 Å². The number of benzene rings is 1. The van der Waals surface area contributed by atoms with Gasteiger partial charge in [0, 0.05) is 6.42 Å². The van der Waals surface area contributed by atoms with Crippen LogP contribution in [0, 0.1) is 0 Å². The number of carboxylic acid groups (broad SMARTS) is 1. The highest BCUT2D eigenvalue weighted by molar-refractivity contribution is 6.00. The van der Waals surface area contributed by atoms with E-state index in [1.165, 1.54) is 7.11 Å². The van der Waals surface area contributed by atoms with Crippen LogP contribution in [0.3, 0.4) is 0 Å². The molecule has 0 radical (unpaired) electrons. The van der Waals surface area contributed by atoms with Crippen molar-refractivity contribution in [2.75, 3.05) is 7.11 Å². The summed E-state index contributed by atoms with van der Waals surface area (Å²) in [6, 6.07) is 5.45. The first kappa shape index (κ1) is 15.4. The maximum absolute atomic E-state index is 11.7. The first-order chi connectivity index (χ1) is 7.56. The first-order valence-corrected chi connectivity index (χ1v) is 4.71. The molecule has 1 aromatic carbocycles. The number of rotatable bonds is 5. The third-order valence-corrected chi connectivity index (χ3v) is 2.13. The van der Waals surface area contributed by atoms with Gasteiger partial charge < -0.3 is 15.6 Å². The Balaban J connectivity index is 0.00000256. The van der Waals surface area contributed by atoms with E-state index in [-0.39, 0.29) is 24.6 Å². The number of ether oxygens (including phenoxy) is 1. The molecule has 0 heterocycles. The van der Waals surface area contributed by atoms with E-state index in [4.69, 9.17) is 15.6 Å². The Hall–Kier alpha value is -1.59. The third-order valence-electron chi connectivity index (χ3n) is 2.13. The molecule has 5 nitrogen and oxygen atoms in total. The van der Waals surface area contributed by atoms with E-state index in [2.05, 4.69) is 0 Å². The summed E-state index contributed by atoms with van der Waals surface area (Å²) in [5, 5.41) is 8.60. The Morgan fingerprint density at radius 2 is 2.00 bits per heavy atom. The summed E-state index contributed by atoms with van der Waals surface area (Å²) in [6.45, 7) is 0. The van der Waals surface area contributed by atoms with Crippen LogP contribution in [0.25, 0.3) is 0 Å². The van der Waals surface area contributed by atoms with E-state index in [0.717, 1.165) is 0 Å². The summed E-state index contributed by atoms with van der Waals surface area (Å²) in [5.74, 6) is -1.11. The fourth-order valence-electron chi connectivity index (χ4n) is 1.27. The van der Waals surface area contributed by atoms with Crippen molar-refractivity contribution in [2.24, 2.45) is 5.73 Å². The van der Waals surface area contributed by atoms with Crippen molar-refractivity contribution in [1.82, 2.24) is 0 Å². The number of para-hydroxylation sites is 1. The van der Waals surface area contributed by atoms with E-state index in [1.54, 1.807) is 24.3 Å². The van der Waals surface area contributed by atoms with Crippen molar-refractivity contribution < 1.29 is 19.4 Å². The summed E-state index contributed by atoms with van der Waals surface area (Å²) < 4.78 is 5.00. The number of hydrogen-bond acceptors (Lipinski definition) is 4. The molecular formula is C11H14ClNO4. The highest BCUT2D eigenvalue weighted by atomic mass is 35.5. The highest BCUT2D eigenvalue weighted by Crippen LogP contribution is 2.19. The Morgan fingerprint density at radius 3 is 2.53 bits per heavy atom. The van der Waals surface area contributed by atoms with Crippen molar-refractivity contribution >= 4 is 24.2 Å². The van der Waals surface area contributed by atoms with Crippen molar-refractivity contribution in [3.63, 3.8) is 0 Å². The van der Waals surface area contributed by atoms with Crippen LogP contribution in [-0.2, 0) is 4.79 Å². The normalized spacial score (nSPS) is 11.2. The number of carbonyl (C=O) groups excluding carboxylic acids is 1. The molecule has 0 spiro atoms. The van der Waals surface area contributed by atoms with E-state index in [1.807, 2.05) is 0 Å². The summed E-state index contributed by atoms with van der Waals surface area (Å²) in [5.41, 5.74) is 5.63. The zero-order valence-electron chi connectivity index (χ0n) is 9.25. The van der Waals surface area contributed by atoms with Gasteiger partial charge in [-0.1, -0.05) is 12.1 Å². The Morgan fingerprint density at radius 1 is 1.41 bits per heavy atom. The first-order valence-electron chi connectivity index (χ1n) is 4.71. The molecular weight excluding hydrogens is 246 g/mol. The number of aliphatic carboxylic acids is 1. The van der Waals surface area contributed by atoms with Crippen molar-refractivity contribution in [3.8, 4) is 5.75 Å². The van der Waals surface area contributed by atoms with Crippen LogP contribution in [0.2, 0.25) is 0 Å². The lowest BCUT2D eigenvalue weighted by atomic mass is 10.0. The monoisotopic (exact) mass is 259 g/mol. The molecule has 1 aromatic rings. The van der Waals surface area contributed by atoms with E-state index < -0.39 is 12.0 Å². The molecule has 6 heteroatoms. The van der Waals surface area contributed by atoms with Crippen LogP contribution in [0.15, 0.2) is 24.3 Å². The van der Waals surface area contributed by atoms with Crippen LogP contribution >= 0.6 is 12.4 Å². The molecule has 0 fully saturated rings. The van der Waals surface area contributed by atoms with E-state index in [0.29, 0.717) is 11.3 Å². The number of ketones is 1. The van der Waals surface area contributed by atoms with Gasteiger partial charge in [-0.2, -0.15) is 0 Å². The number of carbonyl (C=O) groups is 2. The minimum atomic E-state index is -1.19. The van der Waals surface area contributed by atoms with Crippen molar-refractivity contribution in [2.45, 2.75) is 12.5 Å². The molecule has 17 heavy (non-hydrogen) atoms. The minimum absolute atomic E-state index is 0. The lowest BCUT2D eigenvalue weighted by Gasteiger charge is -2.08. The Bertz CT molecular complexity index is 408. The molecule has 0 bridgehead atoms. The van der Waals surface area contributed by atoms with Crippen LogP contribution in [0.4, 0.5) is 0 Å². The minimum Gasteiger partial charge on any atom is -0.496 e. The van der Waals surface area contributed by atoms with Gasteiger partial charge in [-0.25, -0.2) is 0 Å². The van der Waals surface area contributed by atoms with Gasteiger partial charge in [-0.15, -0.1) is 12.4 Å². The van der Waals surface area contributed by atoms with Gasteiger partial charge in [0.25, 0.3) is 0 Å². The molecule has 94 valence electrons. The zero-order valence-corrected chi connectivity index (χ0v) is 10.1.